The summed E-state index contributed by atoms with van der Waals surface area (Å²) >= 11 is 6.02. The third kappa shape index (κ3) is 4.75. The molecule has 9 heteroatoms. The average Bonchev–Trinajstić information content (AvgIpc) is 2.70. The summed E-state index contributed by atoms with van der Waals surface area (Å²) in [5.74, 6) is 0.0432. The van der Waals surface area contributed by atoms with E-state index < -0.39 is 10.8 Å². The minimum atomic E-state index is -0.563. The zero-order valence-corrected chi connectivity index (χ0v) is 15.6. The number of pyridine rings is 1. The lowest BCUT2D eigenvalue weighted by molar-refractivity contribution is -0.384. The normalized spacial score (nSPS) is 18.7. The molecule has 8 nitrogen and oxygen atoms in total. The van der Waals surface area contributed by atoms with Crippen molar-refractivity contribution in [2.45, 2.75) is 37.8 Å². The maximum absolute atomic E-state index is 12.5. The second kappa shape index (κ2) is 8.67. The summed E-state index contributed by atoms with van der Waals surface area (Å²) in [5.41, 5.74) is 0.385. The van der Waals surface area contributed by atoms with Gasteiger partial charge in [0, 0.05) is 30.4 Å². The van der Waals surface area contributed by atoms with E-state index in [1.54, 1.807) is 12.1 Å². The van der Waals surface area contributed by atoms with Crippen LogP contribution < -0.4 is 10.1 Å². The third-order valence-corrected chi connectivity index (χ3v) is 4.90. The van der Waals surface area contributed by atoms with E-state index in [4.69, 9.17) is 21.6 Å². The summed E-state index contributed by atoms with van der Waals surface area (Å²) in [7, 11) is 0. The molecule has 28 heavy (non-hydrogen) atoms. The van der Waals surface area contributed by atoms with Gasteiger partial charge < -0.3 is 10.1 Å². The summed E-state index contributed by atoms with van der Waals surface area (Å²) in [5, 5.41) is 22.7. The molecule has 0 bridgehead atoms. The van der Waals surface area contributed by atoms with E-state index in [0.717, 1.165) is 12.8 Å². The molecule has 0 spiro atoms. The fourth-order valence-electron chi connectivity index (χ4n) is 3.08. The molecule has 3 rings (SSSR count). The number of ether oxygens (including phenoxy) is 1. The lowest BCUT2D eigenvalue weighted by Gasteiger charge is -2.29. The van der Waals surface area contributed by atoms with E-state index in [2.05, 4.69) is 10.3 Å². The maximum atomic E-state index is 12.5. The van der Waals surface area contributed by atoms with Gasteiger partial charge in [0.15, 0.2) is 0 Å². The second-order valence-electron chi connectivity index (χ2n) is 6.48. The molecule has 0 radical (unpaired) electrons. The Morgan fingerprint density at radius 1 is 1.29 bits per heavy atom. The van der Waals surface area contributed by atoms with E-state index in [9.17, 15) is 14.9 Å². The van der Waals surface area contributed by atoms with E-state index >= 15 is 0 Å². The molecule has 1 saturated carbocycles. The number of amides is 1. The molecule has 0 atom stereocenters. The van der Waals surface area contributed by atoms with Gasteiger partial charge in [-0.15, -0.1) is 0 Å². The molecular formula is C19H17ClN4O4. The Labute approximate surface area is 166 Å². The van der Waals surface area contributed by atoms with Crippen LogP contribution in [0.3, 0.4) is 0 Å². The van der Waals surface area contributed by atoms with Crippen molar-refractivity contribution in [3.8, 4) is 11.9 Å². The molecule has 0 aliphatic heterocycles. The van der Waals surface area contributed by atoms with Gasteiger partial charge in [-0.1, -0.05) is 11.6 Å². The number of non-ortho nitro benzene ring substituents is 1. The standard InChI is InChI=1S/C19H17ClN4O4/c20-17-7-4-14(24(26)27)9-16(17)19(25)23-13-2-5-15(6-3-13)28-18-8-1-12(10-21)11-22-18/h1,4,7-9,11,13,15H,2-3,5-6H2,(H,23,25). The van der Waals surface area contributed by atoms with Gasteiger partial charge in [0.05, 0.1) is 21.1 Å². The van der Waals surface area contributed by atoms with Crippen LogP contribution in [0.1, 0.15) is 41.6 Å². The highest BCUT2D eigenvalue weighted by molar-refractivity contribution is 6.33. The van der Waals surface area contributed by atoms with E-state index in [0.29, 0.717) is 24.3 Å². The molecule has 1 fully saturated rings. The molecule has 1 heterocycles. The van der Waals surface area contributed by atoms with Gasteiger partial charge in [0.25, 0.3) is 11.6 Å². The molecule has 1 amide bonds. The first kappa shape index (κ1) is 19.6. The molecule has 1 aromatic heterocycles. The third-order valence-electron chi connectivity index (χ3n) is 4.57. The zero-order valence-electron chi connectivity index (χ0n) is 14.8. The van der Waals surface area contributed by atoms with Crippen molar-refractivity contribution in [2.75, 3.05) is 0 Å². The largest absolute Gasteiger partial charge is 0.474 e. The van der Waals surface area contributed by atoms with Gasteiger partial charge >= 0.3 is 0 Å². The van der Waals surface area contributed by atoms with E-state index in [1.807, 2.05) is 6.07 Å². The number of rotatable bonds is 5. The summed E-state index contributed by atoms with van der Waals surface area (Å²) in [6.07, 6.45) is 4.32. The summed E-state index contributed by atoms with van der Waals surface area (Å²) in [4.78, 5) is 26.9. The van der Waals surface area contributed by atoms with Crippen LogP contribution in [-0.2, 0) is 0 Å². The van der Waals surface area contributed by atoms with Crippen molar-refractivity contribution in [1.82, 2.24) is 10.3 Å². The van der Waals surface area contributed by atoms with Gasteiger partial charge in [-0.2, -0.15) is 5.26 Å². The summed E-state index contributed by atoms with van der Waals surface area (Å²) in [6.45, 7) is 0. The first-order valence-electron chi connectivity index (χ1n) is 8.74. The molecule has 1 aliphatic rings. The SMILES string of the molecule is N#Cc1ccc(OC2CCC(NC(=O)c3cc([N+](=O)[O-])ccc3Cl)CC2)nc1. The van der Waals surface area contributed by atoms with Gasteiger partial charge in [-0.3, -0.25) is 14.9 Å². The Hall–Kier alpha value is -3.18. The van der Waals surface area contributed by atoms with Crippen LogP contribution in [0.15, 0.2) is 36.5 Å². The highest BCUT2D eigenvalue weighted by atomic mass is 35.5. The number of nitrogens with one attached hydrogen (secondary N) is 1. The van der Waals surface area contributed by atoms with Gasteiger partial charge in [-0.25, -0.2) is 4.98 Å². The Bertz CT molecular complexity index is 919. The first-order valence-corrected chi connectivity index (χ1v) is 9.11. The number of hydrogen-bond donors (Lipinski definition) is 1. The van der Waals surface area contributed by atoms with Crippen molar-refractivity contribution in [1.29, 1.82) is 5.26 Å². The van der Waals surface area contributed by atoms with Crippen LogP contribution in [0.2, 0.25) is 5.02 Å². The quantitative estimate of drug-likeness (QED) is 0.604. The fraction of sp³-hybridized carbons (Fsp3) is 0.316. The summed E-state index contributed by atoms with van der Waals surface area (Å²) in [6, 6.07) is 9.06. The molecule has 1 N–H and O–H groups in total. The highest BCUT2D eigenvalue weighted by Crippen LogP contribution is 2.25. The van der Waals surface area contributed by atoms with Crippen LogP contribution in [0, 0.1) is 21.4 Å². The Kier molecular flexibility index (Phi) is 6.06. The topological polar surface area (TPSA) is 118 Å². The lowest BCUT2D eigenvalue weighted by atomic mass is 9.92. The van der Waals surface area contributed by atoms with E-state index in [-0.39, 0.29) is 28.4 Å². The van der Waals surface area contributed by atoms with Crippen molar-refractivity contribution < 1.29 is 14.5 Å². The molecule has 144 valence electrons. The average molecular weight is 401 g/mol. The Morgan fingerprint density at radius 3 is 2.64 bits per heavy atom. The zero-order chi connectivity index (χ0) is 20.1. The van der Waals surface area contributed by atoms with Crippen molar-refractivity contribution in [3.05, 3.63) is 62.8 Å². The van der Waals surface area contributed by atoms with Crippen LogP contribution in [0.5, 0.6) is 5.88 Å². The maximum Gasteiger partial charge on any atom is 0.270 e. The van der Waals surface area contributed by atoms with E-state index in [1.165, 1.54) is 24.4 Å². The monoisotopic (exact) mass is 400 g/mol. The van der Waals surface area contributed by atoms with Crippen LogP contribution in [0.4, 0.5) is 5.69 Å². The summed E-state index contributed by atoms with van der Waals surface area (Å²) < 4.78 is 5.82. The number of hydrogen-bond acceptors (Lipinski definition) is 6. The van der Waals surface area contributed by atoms with Crippen molar-refractivity contribution >= 4 is 23.2 Å². The van der Waals surface area contributed by atoms with Crippen LogP contribution in [0.25, 0.3) is 0 Å². The number of benzene rings is 1. The van der Waals surface area contributed by atoms with Crippen molar-refractivity contribution in [3.63, 3.8) is 0 Å². The smallest absolute Gasteiger partial charge is 0.270 e. The Balaban J connectivity index is 1.54. The number of nitrogens with zero attached hydrogens (tertiary/aromatic N) is 3. The van der Waals surface area contributed by atoms with Crippen LogP contribution >= 0.6 is 11.6 Å². The van der Waals surface area contributed by atoms with Gasteiger partial charge in [-0.05, 0) is 37.8 Å². The molecule has 0 saturated heterocycles. The predicted molar refractivity (Wildman–Crippen MR) is 101 cm³/mol. The first-order chi connectivity index (χ1) is 13.5. The number of nitro benzene ring substituents is 1. The number of carbonyl (C=O) groups is 1. The van der Waals surface area contributed by atoms with Gasteiger partial charge in [0.2, 0.25) is 5.88 Å². The Morgan fingerprint density at radius 2 is 2.04 bits per heavy atom. The second-order valence-corrected chi connectivity index (χ2v) is 6.89. The van der Waals surface area contributed by atoms with Gasteiger partial charge in [0.1, 0.15) is 12.2 Å². The van der Waals surface area contributed by atoms with Crippen molar-refractivity contribution in [2.24, 2.45) is 0 Å². The molecule has 1 aromatic carbocycles. The number of nitriles is 1. The minimum Gasteiger partial charge on any atom is -0.474 e. The number of halogens is 1. The number of aromatic nitrogens is 1. The molecule has 2 aromatic rings. The lowest BCUT2D eigenvalue weighted by Crippen LogP contribution is -2.39. The van der Waals surface area contributed by atoms with Crippen LogP contribution in [-0.4, -0.2) is 28.0 Å². The molecular weight excluding hydrogens is 384 g/mol. The predicted octanol–water partition coefficient (Wildman–Crippen LogP) is 3.63. The molecule has 1 aliphatic carbocycles. The highest BCUT2D eigenvalue weighted by Gasteiger charge is 2.25. The fourth-order valence-corrected chi connectivity index (χ4v) is 3.28. The number of carbonyl (C=O) groups excluding carboxylic acids is 1. The number of nitro groups is 1. The molecule has 0 unspecified atom stereocenters. The minimum absolute atomic E-state index is 0.0185.